The normalized spacial score (nSPS) is 15.5. The zero-order valence-corrected chi connectivity index (χ0v) is 16.7. The predicted molar refractivity (Wildman–Crippen MR) is 103 cm³/mol. The zero-order chi connectivity index (χ0) is 19.6. The number of likely N-dealkylation sites (N-methyl/N-ethyl adjacent to an activating group) is 1. The molecule has 3 rings (SSSR count). The van der Waals surface area contributed by atoms with E-state index in [4.69, 9.17) is 23.7 Å². The van der Waals surface area contributed by atoms with Crippen molar-refractivity contribution in [2.75, 3.05) is 42.6 Å². The molecule has 0 bridgehead atoms. The van der Waals surface area contributed by atoms with Crippen LogP contribution in [0.3, 0.4) is 0 Å². The van der Waals surface area contributed by atoms with Gasteiger partial charge in [-0.3, -0.25) is 0 Å². The predicted octanol–water partition coefficient (Wildman–Crippen LogP) is 3.09. The molecule has 0 N–H and O–H groups in total. The summed E-state index contributed by atoms with van der Waals surface area (Å²) in [6, 6.07) is 8.21. The van der Waals surface area contributed by atoms with E-state index in [1.54, 1.807) is 35.5 Å². The molecule has 0 saturated carbocycles. The smallest absolute Gasteiger partial charge is 0.204 e. The summed E-state index contributed by atoms with van der Waals surface area (Å²) in [6.45, 7) is 0. The second-order valence-electron chi connectivity index (χ2n) is 6.35. The summed E-state index contributed by atoms with van der Waals surface area (Å²) in [5.41, 5.74) is 3.29. The van der Waals surface area contributed by atoms with Gasteiger partial charge in [0.2, 0.25) is 5.75 Å². The number of hydrogen-bond acceptors (Lipinski definition) is 5. The van der Waals surface area contributed by atoms with E-state index in [9.17, 15) is 0 Å². The van der Waals surface area contributed by atoms with E-state index in [1.165, 1.54) is 0 Å². The van der Waals surface area contributed by atoms with Gasteiger partial charge in [0.15, 0.2) is 35.3 Å². The van der Waals surface area contributed by atoms with Crippen molar-refractivity contribution in [3.05, 3.63) is 41.0 Å². The third-order valence-electron chi connectivity index (χ3n) is 4.98. The molecule has 144 valence electrons. The second kappa shape index (κ2) is 7.78. The number of benzene rings is 2. The fourth-order valence-electron chi connectivity index (χ4n) is 3.60. The van der Waals surface area contributed by atoms with Crippen LogP contribution in [0.5, 0.6) is 28.7 Å². The molecule has 0 radical (unpaired) electrons. The van der Waals surface area contributed by atoms with Gasteiger partial charge in [-0.15, -0.1) is 0 Å². The highest BCUT2D eigenvalue weighted by Crippen LogP contribution is 2.44. The summed E-state index contributed by atoms with van der Waals surface area (Å²) in [5, 5.41) is 0. The molecule has 6 nitrogen and oxygen atoms in total. The maximum atomic E-state index is 5.63. The number of nitrogens with zero attached hydrogens (tertiary/aromatic N) is 1. The van der Waals surface area contributed by atoms with Crippen LogP contribution in [0.15, 0.2) is 24.3 Å². The average Bonchev–Trinajstić information content (AvgIpc) is 2.71. The lowest BCUT2D eigenvalue weighted by molar-refractivity contribution is -0.541. The van der Waals surface area contributed by atoms with Gasteiger partial charge < -0.3 is 23.7 Å². The molecule has 2 aromatic rings. The number of methoxy groups -OCH3 is 5. The zero-order valence-electron chi connectivity index (χ0n) is 16.7. The van der Waals surface area contributed by atoms with Crippen LogP contribution in [0.4, 0.5) is 0 Å². The summed E-state index contributed by atoms with van der Waals surface area (Å²) in [7, 11) is 10.2. The number of hydrogen-bond donors (Lipinski definition) is 0. The van der Waals surface area contributed by atoms with Gasteiger partial charge in [0, 0.05) is 12.0 Å². The van der Waals surface area contributed by atoms with Crippen molar-refractivity contribution in [1.29, 1.82) is 0 Å². The van der Waals surface area contributed by atoms with Gasteiger partial charge in [-0.25, -0.2) is 4.58 Å². The lowest BCUT2D eigenvalue weighted by Gasteiger charge is -2.24. The molecule has 0 amide bonds. The third kappa shape index (κ3) is 3.27. The van der Waals surface area contributed by atoms with Crippen LogP contribution in [0.25, 0.3) is 0 Å². The highest BCUT2D eigenvalue weighted by Gasteiger charge is 2.32. The van der Waals surface area contributed by atoms with Crippen LogP contribution >= 0.6 is 0 Å². The highest BCUT2D eigenvalue weighted by molar-refractivity contribution is 5.86. The maximum absolute atomic E-state index is 5.63. The van der Waals surface area contributed by atoms with Gasteiger partial charge in [0.05, 0.1) is 41.1 Å². The summed E-state index contributed by atoms with van der Waals surface area (Å²) < 4.78 is 29.7. The minimum atomic E-state index is 0.153. The Bertz CT molecular complexity index is 875. The van der Waals surface area contributed by atoms with E-state index in [1.807, 2.05) is 18.2 Å². The molecule has 1 unspecified atom stereocenters. The highest BCUT2D eigenvalue weighted by atomic mass is 16.5. The molecule has 0 aromatic heterocycles. The first-order valence-corrected chi connectivity index (χ1v) is 8.68. The molecule has 1 aliphatic rings. The van der Waals surface area contributed by atoms with Crippen LogP contribution in [-0.4, -0.2) is 53.4 Å². The van der Waals surface area contributed by atoms with Gasteiger partial charge in [0.25, 0.3) is 0 Å². The van der Waals surface area contributed by atoms with Gasteiger partial charge in [0.1, 0.15) is 7.05 Å². The van der Waals surface area contributed by atoms with Gasteiger partial charge in [-0.2, -0.15) is 0 Å². The number of rotatable bonds is 6. The Kier molecular flexibility index (Phi) is 5.44. The molecule has 27 heavy (non-hydrogen) atoms. The Morgan fingerprint density at radius 3 is 2.04 bits per heavy atom. The van der Waals surface area contributed by atoms with Gasteiger partial charge in [-0.1, -0.05) is 0 Å². The second-order valence-corrected chi connectivity index (χ2v) is 6.35. The fraction of sp³-hybridized carbons (Fsp3) is 0.381. The van der Waals surface area contributed by atoms with Crippen LogP contribution in [-0.2, 0) is 6.42 Å². The quantitative estimate of drug-likeness (QED) is 0.730. The van der Waals surface area contributed by atoms with E-state index >= 15 is 0 Å². The van der Waals surface area contributed by atoms with Crippen molar-refractivity contribution < 1.29 is 28.3 Å². The number of fused-ring (bicyclic) bond motifs is 1. The Labute approximate surface area is 159 Å². The largest absolute Gasteiger partial charge is 0.493 e. The Morgan fingerprint density at radius 1 is 0.778 bits per heavy atom. The molecule has 1 heterocycles. The number of ether oxygens (including phenoxy) is 5. The molecule has 6 heteroatoms. The Balaban J connectivity index is 2.08. The summed E-state index contributed by atoms with van der Waals surface area (Å²) in [4.78, 5) is 0. The summed E-state index contributed by atoms with van der Waals surface area (Å²) in [5.74, 6) is 3.39. The molecular weight excluding hydrogens is 346 g/mol. The van der Waals surface area contributed by atoms with Crippen LogP contribution in [0.1, 0.15) is 22.7 Å². The lowest BCUT2D eigenvalue weighted by Crippen LogP contribution is -2.25. The SMILES string of the molecule is COc1ccc(C2Cc3cc(OC)c(OC)c(OC)c3C=[N+]2C)cc1OC. The molecule has 1 atom stereocenters. The van der Waals surface area contributed by atoms with E-state index in [0.717, 1.165) is 34.6 Å². The summed E-state index contributed by atoms with van der Waals surface area (Å²) >= 11 is 0. The first-order valence-electron chi connectivity index (χ1n) is 8.68. The van der Waals surface area contributed by atoms with Crippen molar-refractivity contribution >= 4 is 6.21 Å². The standard InChI is InChI=1S/C21H26NO5/c1-22-12-15-14(11-19(25-4)21(27-6)20(15)26-5)9-16(22)13-7-8-17(23-2)18(10-13)24-3/h7-8,10-12,16H,9H2,1-6H3/q+1. The van der Waals surface area contributed by atoms with Crippen LogP contribution in [0.2, 0.25) is 0 Å². The molecular formula is C21H26NO5+. The van der Waals surface area contributed by atoms with E-state index in [-0.39, 0.29) is 6.04 Å². The summed E-state index contributed by atoms with van der Waals surface area (Å²) in [6.07, 6.45) is 2.88. The van der Waals surface area contributed by atoms with Crippen molar-refractivity contribution in [3.8, 4) is 28.7 Å². The van der Waals surface area contributed by atoms with Crippen molar-refractivity contribution in [2.24, 2.45) is 0 Å². The minimum Gasteiger partial charge on any atom is -0.493 e. The van der Waals surface area contributed by atoms with Crippen molar-refractivity contribution in [1.82, 2.24) is 0 Å². The van der Waals surface area contributed by atoms with Crippen molar-refractivity contribution in [2.45, 2.75) is 12.5 Å². The Morgan fingerprint density at radius 2 is 1.44 bits per heavy atom. The van der Waals surface area contributed by atoms with Crippen LogP contribution < -0.4 is 23.7 Å². The molecule has 1 aliphatic heterocycles. The van der Waals surface area contributed by atoms with E-state index in [2.05, 4.69) is 23.9 Å². The monoisotopic (exact) mass is 372 g/mol. The molecule has 0 spiro atoms. The van der Waals surface area contributed by atoms with E-state index < -0.39 is 0 Å². The van der Waals surface area contributed by atoms with E-state index in [0.29, 0.717) is 17.2 Å². The first kappa shape index (κ1) is 18.9. The topological polar surface area (TPSA) is 49.2 Å². The van der Waals surface area contributed by atoms with Crippen molar-refractivity contribution in [3.63, 3.8) is 0 Å². The molecule has 0 fully saturated rings. The Hall–Kier alpha value is -2.89. The van der Waals surface area contributed by atoms with Gasteiger partial charge in [-0.05, 0) is 29.8 Å². The molecule has 2 aromatic carbocycles. The third-order valence-corrected chi connectivity index (χ3v) is 4.98. The molecule has 0 saturated heterocycles. The average molecular weight is 372 g/mol. The van der Waals surface area contributed by atoms with Gasteiger partial charge >= 0.3 is 0 Å². The maximum Gasteiger partial charge on any atom is 0.204 e. The fourth-order valence-corrected chi connectivity index (χ4v) is 3.60. The minimum absolute atomic E-state index is 0.153. The lowest BCUT2D eigenvalue weighted by atomic mass is 9.91. The molecule has 0 aliphatic carbocycles. The first-order chi connectivity index (χ1) is 13.1. The van der Waals surface area contributed by atoms with Crippen LogP contribution in [0, 0.1) is 0 Å².